The number of hydrogen-bond donors (Lipinski definition) is 1. The summed E-state index contributed by atoms with van der Waals surface area (Å²) in [5.41, 5.74) is 0.884. The number of rotatable bonds is 4. The summed E-state index contributed by atoms with van der Waals surface area (Å²) in [5.74, 6) is 0.596. The number of fused-ring (bicyclic) bond motifs is 2. The Hall–Kier alpha value is -2.89. The molecule has 140 valence electrons. The number of benzene rings is 2. The van der Waals surface area contributed by atoms with Crippen LogP contribution in [0, 0.1) is 0 Å². The standard InChI is InChI=1S/C21H24N4O2/c1-15(17-11-7-9-16-8-4-5-10-18(16)17)22-20(26)14-25-21(27)24-13-6-2-3-12-19(24)23-25/h4-5,7-11,15H,2-3,6,12-14H2,1H3,(H,22,26). The minimum Gasteiger partial charge on any atom is -0.348 e. The molecule has 1 aromatic heterocycles. The van der Waals surface area contributed by atoms with Gasteiger partial charge in [-0.2, -0.15) is 5.10 Å². The molecule has 0 bridgehead atoms. The van der Waals surface area contributed by atoms with Gasteiger partial charge in [-0.3, -0.25) is 9.36 Å². The number of nitrogens with one attached hydrogen (secondary N) is 1. The topological polar surface area (TPSA) is 68.9 Å². The van der Waals surface area contributed by atoms with Crippen LogP contribution >= 0.6 is 0 Å². The molecule has 2 aromatic carbocycles. The summed E-state index contributed by atoms with van der Waals surface area (Å²) < 4.78 is 3.01. The fraction of sp³-hybridized carbons (Fsp3) is 0.381. The van der Waals surface area contributed by atoms with E-state index in [1.807, 2.05) is 31.2 Å². The first kappa shape index (κ1) is 17.5. The number of carbonyl (C=O) groups excluding carboxylic acids is 1. The lowest BCUT2D eigenvalue weighted by Gasteiger charge is -2.16. The Morgan fingerprint density at radius 3 is 2.85 bits per heavy atom. The van der Waals surface area contributed by atoms with Gasteiger partial charge in [0, 0.05) is 13.0 Å². The molecule has 4 rings (SSSR count). The first-order chi connectivity index (χ1) is 13.1. The zero-order chi connectivity index (χ0) is 18.8. The van der Waals surface area contributed by atoms with E-state index in [0.717, 1.165) is 47.8 Å². The second kappa shape index (κ2) is 7.39. The monoisotopic (exact) mass is 364 g/mol. The van der Waals surface area contributed by atoms with Crippen LogP contribution in [-0.4, -0.2) is 20.3 Å². The molecule has 1 aliphatic rings. The summed E-state index contributed by atoms with van der Waals surface area (Å²) in [7, 11) is 0. The average molecular weight is 364 g/mol. The van der Waals surface area contributed by atoms with Crippen molar-refractivity contribution in [2.24, 2.45) is 0 Å². The summed E-state index contributed by atoms with van der Waals surface area (Å²) in [4.78, 5) is 25.1. The molecule has 6 nitrogen and oxygen atoms in total. The highest BCUT2D eigenvalue weighted by molar-refractivity contribution is 5.86. The van der Waals surface area contributed by atoms with Crippen LogP contribution in [0.5, 0.6) is 0 Å². The highest BCUT2D eigenvalue weighted by atomic mass is 16.2. The Bertz CT molecular complexity index is 1030. The van der Waals surface area contributed by atoms with E-state index in [1.165, 1.54) is 4.68 Å². The largest absolute Gasteiger partial charge is 0.348 e. The lowest BCUT2D eigenvalue weighted by atomic mass is 10.00. The summed E-state index contributed by atoms with van der Waals surface area (Å²) in [6, 6.07) is 14.1. The predicted octanol–water partition coefficient (Wildman–Crippen LogP) is 2.80. The van der Waals surface area contributed by atoms with Crippen molar-refractivity contribution in [2.45, 2.75) is 51.7 Å². The molecule has 2 heterocycles. The number of aryl methyl sites for hydroxylation is 1. The first-order valence-corrected chi connectivity index (χ1v) is 9.57. The molecular formula is C21H24N4O2. The van der Waals surface area contributed by atoms with Crippen molar-refractivity contribution >= 4 is 16.7 Å². The van der Waals surface area contributed by atoms with Gasteiger partial charge in [0.05, 0.1) is 6.04 Å². The highest BCUT2D eigenvalue weighted by Gasteiger charge is 2.18. The van der Waals surface area contributed by atoms with Crippen molar-refractivity contribution in [1.82, 2.24) is 19.7 Å². The smallest absolute Gasteiger partial charge is 0.346 e. The number of amides is 1. The molecule has 0 saturated carbocycles. The van der Waals surface area contributed by atoms with Crippen molar-refractivity contribution in [1.29, 1.82) is 0 Å². The van der Waals surface area contributed by atoms with E-state index in [4.69, 9.17) is 0 Å². The van der Waals surface area contributed by atoms with Crippen molar-refractivity contribution < 1.29 is 4.79 Å². The molecule has 1 amide bonds. The number of carbonyl (C=O) groups is 1. The van der Waals surface area contributed by atoms with Crippen molar-refractivity contribution in [3.05, 3.63) is 64.3 Å². The molecule has 0 spiro atoms. The number of hydrogen-bond acceptors (Lipinski definition) is 3. The third kappa shape index (κ3) is 3.52. The molecule has 1 aliphatic heterocycles. The number of aromatic nitrogens is 3. The van der Waals surface area contributed by atoms with E-state index in [0.29, 0.717) is 6.54 Å². The fourth-order valence-corrected chi connectivity index (χ4v) is 3.86. The lowest BCUT2D eigenvalue weighted by molar-refractivity contribution is -0.122. The molecule has 27 heavy (non-hydrogen) atoms. The Balaban J connectivity index is 1.50. The van der Waals surface area contributed by atoms with Crippen molar-refractivity contribution in [2.75, 3.05) is 0 Å². The summed E-state index contributed by atoms with van der Waals surface area (Å²) in [6.07, 6.45) is 3.95. The van der Waals surface area contributed by atoms with Gasteiger partial charge >= 0.3 is 5.69 Å². The maximum absolute atomic E-state index is 12.5. The third-order valence-electron chi connectivity index (χ3n) is 5.24. The van der Waals surface area contributed by atoms with Gasteiger partial charge in [-0.15, -0.1) is 0 Å². The molecule has 1 atom stereocenters. The molecular weight excluding hydrogens is 340 g/mol. The minimum absolute atomic E-state index is 0.0477. The van der Waals surface area contributed by atoms with E-state index in [2.05, 4.69) is 28.6 Å². The lowest BCUT2D eigenvalue weighted by Crippen LogP contribution is -2.35. The predicted molar refractivity (Wildman–Crippen MR) is 105 cm³/mol. The van der Waals surface area contributed by atoms with Crippen molar-refractivity contribution in [3.8, 4) is 0 Å². The number of nitrogens with zero attached hydrogens (tertiary/aromatic N) is 3. The first-order valence-electron chi connectivity index (χ1n) is 9.57. The maximum atomic E-state index is 12.5. The van der Waals surface area contributed by atoms with E-state index >= 15 is 0 Å². The Labute approximate surface area is 157 Å². The van der Waals surface area contributed by atoms with Crippen LogP contribution in [-0.2, 0) is 24.3 Å². The van der Waals surface area contributed by atoms with Crippen LogP contribution in [0.25, 0.3) is 10.8 Å². The summed E-state index contributed by atoms with van der Waals surface area (Å²) in [5, 5.41) is 9.66. The fourth-order valence-electron chi connectivity index (χ4n) is 3.86. The average Bonchev–Trinajstić information content (AvgIpc) is 2.84. The molecule has 1 unspecified atom stereocenters. The van der Waals surface area contributed by atoms with Crippen LogP contribution < -0.4 is 11.0 Å². The quantitative estimate of drug-likeness (QED) is 0.774. The highest BCUT2D eigenvalue weighted by Crippen LogP contribution is 2.24. The van der Waals surface area contributed by atoms with Gasteiger partial charge in [-0.05, 0) is 36.1 Å². The van der Waals surface area contributed by atoms with E-state index in [9.17, 15) is 9.59 Å². The molecule has 0 radical (unpaired) electrons. The zero-order valence-electron chi connectivity index (χ0n) is 15.5. The molecule has 1 N–H and O–H groups in total. The summed E-state index contributed by atoms with van der Waals surface area (Å²) in [6.45, 7) is 2.61. The molecule has 0 fully saturated rings. The van der Waals surface area contributed by atoms with Crippen LogP contribution in [0.1, 0.15) is 43.6 Å². The second-order valence-corrected chi connectivity index (χ2v) is 7.18. The SMILES string of the molecule is CC(NC(=O)Cn1nc2n(c1=O)CCCCC2)c1cccc2ccccc12. The molecule has 0 saturated heterocycles. The van der Waals surface area contributed by atoms with Gasteiger partial charge in [-0.25, -0.2) is 9.48 Å². The molecule has 6 heteroatoms. The Kier molecular flexibility index (Phi) is 4.79. The minimum atomic E-state index is -0.203. The van der Waals surface area contributed by atoms with Crippen LogP contribution in [0.15, 0.2) is 47.3 Å². The second-order valence-electron chi connectivity index (χ2n) is 7.18. The van der Waals surface area contributed by atoms with E-state index < -0.39 is 0 Å². The van der Waals surface area contributed by atoms with E-state index in [1.54, 1.807) is 4.57 Å². The van der Waals surface area contributed by atoms with Gasteiger partial charge in [-0.1, -0.05) is 48.9 Å². The Morgan fingerprint density at radius 1 is 1.15 bits per heavy atom. The normalized spacial score (nSPS) is 15.1. The zero-order valence-corrected chi connectivity index (χ0v) is 15.5. The maximum Gasteiger partial charge on any atom is 0.346 e. The van der Waals surface area contributed by atoms with E-state index in [-0.39, 0.29) is 24.2 Å². The van der Waals surface area contributed by atoms with Gasteiger partial charge in [0.15, 0.2) is 0 Å². The van der Waals surface area contributed by atoms with Crippen LogP contribution in [0.2, 0.25) is 0 Å². The van der Waals surface area contributed by atoms with Crippen LogP contribution in [0.3, 0.4) is 0 Å². The third-order valence-corrected chi connectivity index (χ3v) is 5.24. The van der Waals surface area contributed by atoms with Gasteiger partial charge in [0.1, 0.15) is 12.4 Å². The summed E-state index contributed by atoms with van der Waals surface area (Å²) >= 11 is 0. The molecule has 0 aliphatic carbocycles. The van der Waals surface area contributed by atoms with Crippen LogP contribution in [0.4, 0.5) is 0 Å². The molecule has 3 aromatic rings. The Morgan fingerprint density at radius 2 is 1.96 bits per heavy atom. The van der Waals surface area contributed by atoms with Crippen molar-refractivity contribution in [3.63, 3.8) is 0 Å². The van der Waals surface area contributed by atoms with Gasteiger partial charge in [0.25, 0.3) is 0 Å². The van der Waals surface area contributed by atoms with Gasteiger partial charge < -0.3 is 5.32 Å². The van der Waals surface area contributed by atoms with Gasteiger partial charge in [0.2, 0.25) is 5.91 Å².